The van der Waals surface area contributed by atoms with Gasteiger partial charge < -0.3 is 24.9 Å². The number of hydrogen-bond acceptors (Lipinski definition) is 6. The minimum Gasteiger partial charge on any atom is -0.476 e. The summed E-state index contributed by atoms with van der Waals surface area (Å²) < 4.78 is 10.6. The second-order valence-electron chi connectivity index (χ2n) is 8.43. The fraction of sp³-hybridized carbons (Fsp3) is 0.280. The molecule has 0 spiro atoms. The molecule has 1 heterocycles. The second kappa shape index (κ2) is 9.01. The van der Waals surface area contributed by atoms with Crippen LogP contribution < -0.4 is 10.6 Å². The van der Waals surface area contributed by atoms with Crippen LogP contribution in [0.3, 0.4) is 0 Å². The highest BCUT2D eigenvalue weighted by atomic mass is 16.5. The predicted octanol–water partition coefficient (Wildman–Crippen LogP) is 3.31. The van der Waals surface area contributed by atoms with Gasteiger partial charge in [-0.2, -0.15) is 0 Å². The molecule has 0 radical (unpaired) electrons. The molecule has 9 nitrogen and oxygen atoms in total. The summed E-state index contributed by atoms with van der Waals surface area (Å²) in [4.78, 5) is 40.1. The van der Waals surface area contributed by atoms with Gasteiger partial charge in [0.1, 0.15) is 12.6 Å². The Bertz CT molecular complexity index is 1200. The fourth-order valence-corrected chi connectivity index (χ4v) is 4.44. The van der Waals surface area contributed by atoms with Gasteiger partial charge in [-0.15, -0.1) is 0 Å². The van der Waals surface area contributed by atoms with E-state index >= 15 is 0 Å². The van der Waals surface area contributed by atoms with Crippen molar-refractivity contribution in [2.24, 2.45) is 5.92 Å². The van der Waals surface area contributed by atoms with Crippen LogP contribution in [0, 0.1) is 5.92 Å². The van der Waals surface area contributed by atoms with Crippen LogP contribution in [0.1, 0.15) is 46.1 Å². The van der Waals surface area contributed by atoms with Gasteiger partial charge in [-0.25, -0.2) is 14.6 Å². The summed E-state index contributed by atoms with van der Waals surface area (Å²) in [6.07, 6.45) is 1.97. The number of hydrogen-bond donors (Lipinski definition) is 3. The third-order valence-corrected chi connectivity index (χ3v) is 6.26. The average Bonchev–Trinajstić information content (AvgIpc) is 3.48. The molecule has 1 saturated carbocycles. The molecule has 1 fully saturated rings. The number of alkyl carbamates (subject to hydrolysis) is 1. The molecule has 2 amide bonds. The largest absolute Gasteiger partial charge is 0.476 e. The number of carboxylic acids is 1. The van der Waals surface area contributed by atoms with E-state index in [0.29, 0.717) is 0 Å². The van der Waals surface area contributed by atoms with Gasteiger partial charge >= 0.3 is 12.1 Å². The number of rotatable bonds is 8. The van der Waals surface area contributed by atoms with E-state index in [0.717, 1.165) is 41.5 Å². The number of fused-ring (bicyclic) bond motifs is 3. The summed E-state index contributed by atoms with van der Waals surface area (Å²) in [5, 5.41) is 14.4. The Hall–Kier alpha value is -4.14. The Morgan fingerprint density at radius 1 is 1.06 bits per heavy atom. The zero-order valence-electron chi connectivity index (χ0n) is 18.2. The van der Waals surface area contributed by atoms with E-state index in [9.17, 15) is 14.4 Å². The van der Waals surface area contributed by atoms with Crippen molar-refractivity contribution in [3.63, 3.8) is 0 Å². The fourth-order valence-electron chi connectivity index (χ4n) is 4.44. The number of amides is 2. The topological polar surface area (TPSA) is 131 Å². The first-order valence-electron chi connectivity index (χ1n) is 11.1. The van der Waals surface area contributed by atoms with Crippen LogP contribution in [0.4, 0.5) is 4.79 Å². The summed E-state index contributed by atoms with van der Waals surface area (Å²) in [6.45, 7) is 0.00889. The number of ether oxygens (including phenoxy) is 1. The Morgan fingerprint density at radius 3 is 2.32 bits per heavy atom. The Morgan fingerprint density at radius 2 is 1.71 bits per heavy atom. The van der Waals surface area contributed by atoms with E-state index in [2.05, 4.69) is 27.8 Å². The lowest BCUT2D eigenvalue weighted by Gasteiger charge is -2.19. The van der Waals surface area contributed by atoms with Gasteiger partial charge in [0.05, 0.1) is 6.54 Å². The zero-order chi connectivity index (χ0) is 23.7. The van der Waals surface area contributed by atoms with Gasteiger partial charge in [-0.3, -0.25) is 4.79 Å². The second-order valence-corrected chi connectivity index (χ2v) is 8.43. The monoisotopic (exact) mass is 461 g/mol. The van der Waals surface area contributed by atoms with Crippen molar-refractivity contribution in [1.29, 1.82) is 0 Å². The molecule has 0 saturated heterocycles. The highest BCUT2D eigenvalue weighted by Crippen LogP contribution is 2.44. The predicted molar refractivity (Wildman–Crippen MR) is 120 cm³/mol. The number of oxazole rings is 1. The molecular formula is C25H23N3O6. The molecule has 174 valence electrons. The molecule has 9 heteroatoms. The van der Waals surface area contributed by atoms with Crippen molar-refractivity contribution in [3.8, 4) is 11.1 Å². The van der Waals surface area contributed by atoms with Crippen molar-refractivity contribution in [2.45, 2.75) is 31.3 Å². The van der Waals surface area contributed by atoms with E-state index in [-0.39, 0.29) is 36.4 Å². The van der Waals surface area contributed by atoms with Crippen molar-refractivity contribution in [2.75, 3.05) is 6.61 Å². The normalized spacial score (nSPS) is 15.2. The van der Waals surface area contributed by atoms with Gasteiger partial charge in [0.15, 0.2) is 17.8 Å². The lowest BCUT2D eigenvalue weighted by molar-refractivity contribution is -0.123. The summed E-state index contributed by atoms with van der Waals surface area (Å²) in [6, 6.07) is 15.3. The molecular weight excluding hydrogens is 438 g/mol. The van der Waals surface area contributed by atoms with Crippen LogP contribution in [0.15, 0.2) is 59.3 Å². The minimum atomic E-state index is -1.24. The number of benzene rings is 2. The smallest absolute Gasteiger partial charge is 0.407 e. The number of carbonyl (C=O) groups excluding carboxylic acids is 2. The summed E-state index contributed by atoms with van der Waals surface area (Å²) in [7, 11) is 0. The van der Waals surface area contributed by atoms with Crippen molar-refractivity contribution in [1.82, 2.24) is 15.6 Å². The average molecular weight is 461 g/mol. The Balaban J connectivity index is 1.21. The van der Waals surface area contributed by atoms with Crippen LogP contribution in [-0.2, 0) is 16.1 Å². The molecule has 1 unspecified atom stereocenters. The first kappa shape index (κ1) is 21.7. The molecule has 3 N–H and O–H groups in total. The van der Waals surface area contributed by atoms with Gasteiger partial charge in [0, 0.05) is 5.92 Å². The molecule has 34 heavy (non-hydrogen) atoms. The van der Waals surface area contributed by atoms with Gasteiger partial charge in [-0.1, -0.05) is 48.5 Å². The molecule has 1 aromatic heterocycles. The van der Waals surface area contributed by atoms with E-state index in [1.165, 1.54) is 0 Å². The van der Waals surface area contributed by atoms with Crippen LogP contribution >= 0.6 is 0 Å². The SMILES string of the molecule is O=C(NC(C(=O)NCc1ocnc1C(=O)O)C1CC1)OCC1c2ccccc2-c2ccccc21. The van der Waals surface area contributed by atoms with Crippen molar-refractivity contribution < 1.29 is 28.6 Å². The quantitative estimate of drug-likeness (QED) is 0.469. The molecule has 1 atom stereocenters. The lowest BCUT2D eigenvalue weighted by atomic mass is 9.98. The highest BCUT2D eigenvalue weighted by Gasteiger charge is 2.38. The molecule has 5 rings (SSSR count). The molecule has 2 aromatic carbocycles. The van der Waals surface area contributed by atoms with E-state index < -0.39 is 24.0 Å². The number of aromatic carboxylic acids is 1. The zero-order valence-corrected chi connectivity index (χ0v) is 18.2. The Labute approximate surface area is 195 Å². The minimum absolute atomic E-state index is 0.00847. The summed E-state index contributed by atoms with van der Waals surface area (Å²) >= 11 is 0. The maximum absolute atomic E-state index is 12.7. The van der Waals surface area contributed by atoms with Gasteiger partial charge in [0.2, 0.25) is 5.91 Å². The number of nitrogens with zero attached hydrogens (tertiary/aromatic N) is 1. The maximum Gasteiger partial charge on any atom is 0.407 e. The third-order valence-electron chi connectivity index (χ3n) is 6.26. The molecule has 2 aliphatic carbocycles. The van der Waals surface area contributed by atoms with Crippen LogP contribution in [-0.4, -0.2) is 40.7 Å². The molecule has 2 aliphatic rings. The number of carboxylic acid groups (broad SMARTS) is 1. The molecule has 0 bridgehead atoms. The van der Waals surface area contributed by atoms with Gasteiger partial charge in [0.25, 0.3) is 0 Å². The van der Waals surface area contributed by atoms with Crippen LogP contribution in [0.2, 0.25) is 0 Å². The van der Waals surface area contributed by atoms with Crippen molar-refractivity contribution in [3.05, 3.63) is 77.5 Å². The van der Waals surface area contributed by atoms with Gasteiger partial charge in [-0.05, 0) is 41.0 Å². The maximum atomic E-state index is 12.7. The van der Waals surface area contributed by atoms with Crippen molar-refractivity contribution >= 4 is 18.0 Å². The molecule has 3 aromatic rings. The molecule has 0 aliphatic heterocycles. The first-order valence-corrected chi connectivity index (χ1v) is 11.1. The van der Waals surface area contributed by atoms with Crippen LogP contribution in [0.25, 0.3) is 11.1 Å². The van der Waals surface area contributed by atoms with Crippen LogP contribution in [0.5, 0.6) is 0 Å². The third kappa shape index (κ3) is 4.24. The summed E-state index contributed by atoms with van der Waals surface area (Å²) in [5.41, 5.74) is 4.22. The first-order chi connectivity index (χ1) is 16.5. The standard InChI is InChI=1S/C25H23N3O6/c29-23(26-11-20-22(24(30)31)27-13-34-20)21(14-9-10-14)28-25(32)33-12-19-17-7-3-1-5-15(17)16-6-2-4-8-18(16)19/h1-8,13-14,19,21H,9-12H2,(H,26,29)(H,28,32)(H,30,31). The Kier molecular flexibility index (Phi) is 5.75. The number of aromatic nitrogens is 1. The number of nitrogens with one attached hydrogen (secondary N) is 2. The number of carbonyl (C=O) groups is 3. The lowest BCUT2D eigenvalue weighted by Crippen LogP contribution is -2.48. The highest BCUT2D eigenvalue weighted by molar-refractivity contribution is 5.88. The van der Waals surface area contributed by atoms with E-state index in [1.807, 2.05) is 36.4 Å². The summed E-state index contributed by atoms with van der Waals surface area (Å²) in [5.74, 6) is -1.70. The van der Waals surface area contributed by atoms with E-state index in [1.54, 1.807) is 0 Å². The van der Waals surface area contributed by atoms with E-state index in [4.69, 9.17) is 14.3 Å².